The molecule has 2 aromatic rings. The van der Waals surface area contributed by atoms with Crippen LogP contribution in [0.3, 0.4) is 0 Å². The number of nitrogens with zero attached hydrogens (tertiary/aromatic N) is 2. The Hall–Kier alpha value is -2.27. The number of aromatic nitrogens is 1. The molecule has 0 aliphatic carbocycles. The van der Waals surface area contributed by atoms with Crippen LogP contribution >= 0.6 is 11.8 Å². The van der Waals surface area contributed by atoms with E-state index >= 15 is 0 Å². The van der Waals surface area contributed by atoms with E-state index in [0.29, 0.717) is 31.5 Å². The van der Waals surface area contributed by atoms with Crippen molar-refractivity contribution in [3.63, 3.8) is 0 Å². The Morgan fingerprint density at radius 3 is 2.29 bits per heavy atom. The highest BCUT2D eigenvalue weighted by Crippen LogP contribution is 2.50. The fourth-order valence-electron chi connectivity index (χ4n) is 3.38. The minimum absolute atomic E-state index is 0.0419. The summed E-state index contributed by atoms with van der Waals surface area (Å²) in [7, 11) is 0. The number of benzene rings is 1. The molecule has 0 spiro atoms. The first-order valence-corrected chi connectivity index (χ1v) is 10.3. The highest BCUT2D eigenvalue weighted by Gasteiger charge is 2.71. The molecular formula is C20H18F6N2O2S. The minimum Gasteiger partial charge on any atom is -0.369 e. The van der Waals surface area contributed by atoms with Crippen molar-refractivity contribution < 1.29 is 36.2 Å². The van der Waals surface area contributed by atoms with E-state index < -0.39 is 23.5 Å². The van der Waals surface area contributed by atoms with Crippen molar-refractivity contribution in [3.8, 4) is 0 Å². The average Bonchev–Trinajstić information content (AvgIpc) is 2.92. The molecule has 168 valence electrons. The van der Waals surface area contributed by atoms with Gasteiger partial charge in [-0.05, 0) is 43.0 Å². The number of carbonyl (C=O) groups excluding carboxylic acids is 1. The molecule has 1 amide bonds. The van der Waals surface area contributed by atoms with Crippen molar-refractivity contribution in [2.45, 2.75) is 42.1 Å². The smallest absolute Gasteiger partial charge is 0.369 e. The third kappa shape index (κ3) is 4.67. The lowest BCUT2D eigenvalue weighted by Crippen LogP contribution is -2.54. The summed E-state index contributed by atoms with van der Waals surface area (Å²) in [5, 5.41) is 9.67. The van der Waals surface area contributed by atoms with Crippen molar-refractivity contribution in [1.29, 1.82) is 0 Å². The number of fused-ring (bicyclic) bond motifs is 1. The van der Waals surface area contributed by atoms with Crippen molar-refractivity contribution in [2.24, 2.45) is 0 Å². The second kappa shape index (κ2) is 8.70. The van der Waals surface area contributed by atoms with Crippen molar-refractivity contribution in [2.75, 3.05) is 17.2 Å². The molecule has 3 rings (SSSR count). The van der Waals surface area contributed by atoms with Crippen LogP contribution in [-0.2, 0) is 16.8 Å². The van der Waals surface area contributed by atoms with Gasteiger partial charge in [-0.3, -0.25) is 9.78 Å². The maximum atomic E-state index is 13.2. The number of hydrogen-bond donors (Lipinski definition) is 1. The Kier molecular flexibility index (Phi) is 6.56. The molecule has 1 N–H and O–H groups in total. The van der Waals surface area contributed by atoms with Gasteiger partial charge in [-0.15, -0.1) is 11.8 Å². The van der Waals surface area contributed by atoms with Gasteiger partial charge in [-0.1, -0.05) is 12.1 Å². The van der Waals surface area contributed by atoms with Crippen LogP contribution in [0.1, 0.15) is 24.0 Å². The fraction of sp³-hybridized carbons (Fsp3) is 0.400. The third-order valence-electron chi connectivity index (χ3n) is 5.00. The number of hydrogen-bond acceptors (Lipinski definition) is 4. The highest BCUT2D eigenvalue weighted by molar-refractivity contribution is 8.00. The zero-order chi connectivity index (χ0) is 22.9. The number of alkyl halides is 6. The summed E-state index contributed by atoms with van der Waals surface area (Å²) in [5.74, 6) is -0.278. The summed E-state index contributed by atoms with van der Waals surface area (Å²) < 4.78 is 79.3. The zero-order valence-electron chi connectivity index (χ0n) is 16.0. The van der Waals surface area contributed by atoms with Crippen molar-refractivity contribution >= 4 is 23.4 Å². The quantitative estimate of drug-likeness (QED) is 0.519. The lowest BCUT2D eigenvalue weighted by atomic mass is 9.89. The number of halogens is 6. The number of aliphatic hydroxyl groups is 1. The van der Waals surface area contributed by atoms with Gasteiger partial charge in [0.25, 0.3) is 5.60 Å². The van der Waals surface area contributed by atoms with Gasteiger partial charge in [-0.25, -0.2) is 0 Å². The van der Waals surface area contributed by atoms with Crippen LogP contribution in [0.2, 0.25) is 0 Å². The maximum Gasteiger partial charge on any atom is 0.430 e. The predicted octanol–water partition coefficient (Wildman–Crippen LogP) is 4.86. The van der Waals surface area contributed by atoms with Crippen LogP contribution in [0.15, 0.2) is 47.6 Å². The molecular weight excluding hydrogens is 446 g/mol. The second-order valence-corrected chi connectivity index (χ2v) is 8.07. The first kappa shape index (κ1) is 23.4. The number of aryl methyl sites for hydroxylation is 1. The number of amides is 1. The molecule has 1 aliphatic heterocycles. The first-order valence-electron chi connectivity index (χ1n) is 9.27. The van der Waals surface area contributed by atoms with Crippen LogP contribution in [-0.4, -0.2) is 40.6 Å². The second-order valence-electron chi connectivity index (χ2n) is 7.02. The van der Waals surface area contributed by atoms with E-state index in [1.165, 1.54) is 16.7 Å². The maximum absolute atomic E-state index is 13.2. The van der Waals surface area contributed by atoms with E-state index in [1.54, 1.807) is 24.5 Å². The molecule has 0 saturated heterocycles. The molecule has 0 unspecified atom stereocenters. The van der Waals surface area contributed by atoms with E-state index in [4.69, 9.17) is 0 Å². The Morgan fingerprint density at radius 1 is 1.03 bits per heavy atom. The third-order valence-corrected chi connectivity index (χ3v) is 6.00. The van der Waals surface area contributed by atoms with Crippen molar-refractivity contribution in [1.82, 2.24) is 4.98 Å². The molecule has 0 atom stereocenters. The minimum atomic E-state index is -5.96. The molecule has 11 heteroatoms. The van der Waals surface area contributed by atoms with Crippen LogP contribution in [0, 0.1) is 0 Å². The van der Waals surface area contributed by atoms with Gasteiger partial charge in [0.15, 0.2) is 0 Å². The Morgan fingerprint density at radius 2 is 1.68 bits per heavy atom. The average molecular weight is 464 g/mol. The Labute approximate surface area is 178 Å². The summed E-state index contributed by atoms with van der Waals surface area (Å²) >= 11 is 1.25. The summed E-state index contributed by atoms with van der Waals surface area (Å²) in [4.78, 5) is 18.8. The van der Waals surface area contributed by atoms with Gasteiger partial charge in [0.2, 0.25) is 5.91 Å². The van der Waals surface area contributed by atoms with Crippen LogP contribution in [0.5, 0.6) is 0 Å². The summed E-state index contributed by atoms with van der Waals surface area (Å²) in [6, 6.07) is 5.78. The molecule has 0 radical (unpaired) electrons. The fourth-order valence-corrected chi connectivity index (χ4v) is 4.14. The molecule has 0 fully saturated rings. The lowest BCUT2D eigenvalue weighted by molar-refractivity contribution is -0.376. The van der Waals surface area contributed by atoms with Gasteiger partial charge in [0, 0.05) is 35.1 Å². The number of anilines is 1. The largest absolute Gasteiger partial charge is 0.430 e. The monoisotopic (exact) mass is 464 g/mol. The summed E-state index contributed by atoms with van der Waals surface area (Å²) in [6.45, 7) is 0.297. The zero-order valence-corrected chi connectivity index (χ0v) is 16.8. The topological polar surface area (TPSA) is 53.4 Å². The van der Waals surface area contributed by atoms with Gasteiger partial charge >= 0.3 is 12.4 Å². The molecule has 1 aromatic heterocycles. The standard InChI is InChI=1S/C20H18F6N2O2S/c21-19(22,23)18(30,20(24,25)26)14-4-5-16-13(11-14)3-1-2-10-28(16)17(29)12-31-15-6-8-27-9-7-15/h4-9,11,30H,1-3,10,12H2. The van der Waals surface area contributed by atoms with E-state index in [0.717, 1.165) is 11.0 Å². The molecule has 31 heavy (non-hydrogen) atoms. The first-order chi connectivity index (χ1) is 14.4. The molecule has 2 heterocycles. The Bertz CT molecular complexity index is 920. The van der Waals surface area contributed by atoms with E-state index in [9.17, 15) is 36.2 Å². The van der Waals surface area contributed by atoms with Crippen molar-refractivity contribution in [3.05, 3.63) is 53.9 Å². The van der Waals surface area contributed by atoms with Crippen LogP contribution < -0.4 is 4.90 Å². The van der Waals surface area contributed by atoms with Crippen LogP contribution in [0.4, 0.5) is 32.0 Å². The Balaban J connectivity index is 1.92. The highest BCUT2D eigenvalue weighted by atomic mass is 32.2. The molecule has 1 aromatic carbocycles. The van der Waals surface area contributed by atoms with E-state index in [2.05, 4.69) is 4.98 Å². The van der Waals surface area contributed by atoms with Gasteiger partial charge in [-0.2, -0.15) is 26.3 Å². The number of rotatable bonds is 4. The predicted molar refractivity (Wildman–Crippen MR) is 103 cm³/mol. The normalized spacial score (nSPS) is 15.4. The molecule has 1 aliphatic rings. The number of thioether (sulfide) groups is 1. The van der Waals surface area contributed by atoms with Gasteiger partial charge in [0.1, 0.15) is 0 Å². The summed E-state index contributed by atoms with van der Waals surface area (Å²) in [5.41, 5.74) is -5.89. The van der Waals surface area contributed by atoms with Crippen LogP contribution in [0.25, 0.3) is 0 Å². The van der Waals surface area contributed by atoms with E-state index in [-0.39, 0.29) is 29.3 Å². The number of pyridine rings is 1. The molecule has 0 saturated carbocycles. The lowest BCUT2D eigenvalue weighted by Gasteiger charge is -2.33. The SMILES string of the molecule is O=C(CSc1ccncc1)N1CCCCc2cc(C(O)(C(F)(F)F)C(F)(F)F)ccc21. The molecule has 0 bridgehead atoms. The van der Waals surface area contributed by atoms with Gasteiger partial charge in [0.05, 0.1) is 5.75 Å². The van der Waals surface area contributed by atoms with E-state index in [1.807, 2.05) is 0 Å². The summed E-state index contributed by atoms with van der Waals surface area (Å²) in [6.07, 6.45) is -7.57. The number of carbonyl (C=O) groups is 1. The van der Waals surface area contributed by atoms with Gasteiger partial charge < -0.3 is 10.0 Å². The molecule has 4 nitrogen and oxygen atoms in total.